The Morgan fingerprint density at radius 3 is 2.16 bits per heavy atom. The van der Waals surface area contributed by atoms with E-state index in [2.05, 4.69) is 5.32 Å². The van der Waals surface area contributed by atoms with Crippen LogP contribution < -0.4 is 5.32 Å². The second-order valence-corrected chi connectivity index (χ2v) is 11.9. The second-order valence-electron chi connectivity index (χ2n) is 11.0. The van der Waals surface area contributed by atoms with Gasteiger partial charge in [0.1, 0.15) is 5.60 Å². The molecular formula is C28H32Cl2F5NO2. The van der Waals surface area contributed by atoms with Crippen LogP contribution in [0.1, 0.15) is 69.9 Å². The Balaban J connectivity index is 1.86. The van der Waals surface area contributed by atoms with Crippen molar-refractivity contribution >= 4 is 34.9 Å². The fraction of sp³-hybridized carbons (Fsp3) is 0.536. The van der Waals surface area contributed by atoms with Crippen molar-refractivity contribution in [1.29, 1.82) is 0 Å². The molecule has 2 aromatic carbocycles. The van der Waals surface area contributed by atoms with Crippen molar-refractivity contribution in [3.63, 3.8) is 0 Å². The number of rotatable bonds is 9. The van der Waals surface area contributed by atoms with Gasteiger partial charge >= 0.3 is 12.1 Å². The van der Waals surface area contributed by atoms with Gasteiger partial charge in [0.2, 0.25) is 5.92 Å². The van der Waals surface area contributed by atoms with Gasteiger partial charge in [0, 0.05) is 30.3 Å². The maximum Gasteiger partial charge on any atom is 0.392 e. The van der Waals surface area contributed by atoms with Gasteiger partial charge in [0.15, 0.2) is 0 Å². The molecule has 0 aliphatic heterocycles. The first-order valence-corrected chi connectivity index (χ1v) is 13.2. The Hall–Kier alpha value is -2.06. The Kier molecular flexibility index (Phi) is 9.29. The van der Waals surface area contributed by atoms with E-state index in [0.717, 1.165) is 6.92 Å². The zero-order chi connectivity index (χ0) is 28.5. The summed E-state index contributed by atoms with van der Waals surface area (Å²) in [5.74, 6) is -6.92. The standard InChI is InChI=1S/C28H32Cl2F5NO2/c1-16(28(33,34)35)22(17-5-8-20(29)9-6-17)15-36-24-11-18(7-10-23(24)30)21(19-13-27(31,32)14-19)12-25(37)38-26(2,3)4/h5-11,16,19,21-22,36H,12-15H2,1-4H3/t16-,21?,22+/m1/s1. The minimum absolute atomic E-state index is 0.0935. The summed E-state index contributed by atoms with van der Waals surface area (Å²) in [4.78, 5) is 12.6. The molecule has 3 atom stereocenters. The van der Waals surface area contributed by atoms with Crippen molar-refractivity contribution in [3.8, 4) is 0 Å². The number of ether oxygens (including phenoxy) is 1. The zero-order valence-corrected chi connectivity index (χ0v) is 23.2. The fourth-order valence-electron chi connectivity index (χ4n) is 4.76. The summed E-state index contributed by atoms with van der Waals surface area (Å²) in [7, 11) is 0. The molecule has 0 aromatic heterocycles. The number of hydrogen-bond acceptors (Lipinski definition) is 3. The van der Waals surface area contributed by atoms with Gasteiger partial charge in [-0.1, -0.05) is 48.3 Å². The SMILES string of the molecule is C[C@H]([C@H](CNc1cc(C(CC(=O)OC(C)(C)C)C2CC(F)(F)C2)ccc1Cl)c1ccc(Cl)cc1)C(F)(F)F. The maximum absolute atomic E-state index is 13.7. The summed E-state index contributed by atoms with van der Waals surface area (Å²) < 4.78 is 74.0. The Morgan fingerprint density at radius 2 is 1.63 bits per heavy atom. The molecule has 0 radical (unpaired) electrons. The molecule has 10 heteroatoms. The first kappa shape index (κ1) is 30.5. The number of carbonyl (C=O) groups excluding carboxylic acids is 1. The highest BCUT2D eigenvalue weighted by Crippen LogP contribution is 2.51. The van der Waals surface area contributed by atoms with Crippen LogP contribution in [0.3, 0.4) is 0 Å². The number of benzene rings is 2. The highest BCUT2D eigenvalue weighted by Gasteiger charge is 2.49. The lowest BCUT2D eigenvalue weighted by atomic mass is 9.69. The van der Waals surface area contributed by atoms with E-state index < -0.39 is 47.3 Å². The van der Waals surface area contributed by atoms with Gasteiger partial charge in [-0.05, 0) is 68.0 Å². The van der Waals surface area contributed by atoms with Gasteiger partial charge in [-0.25, -0.2) is 8.78 Å². The van der Waals surface area contributed by atoms with E-state index in [1.807, 2.05) is 0 Å². The lowest BCUT2D eigenvalue weighted by Crippen LogP contribution is -2.40. The molecule has 210 valence electrons. The van der Waals surface area contributed by atoms with Gasteiger partial charge in [0.25, 0.3) is 0 Å². The molecule has 1 saturated carbocycles. The molecule has 1 unspecified atom stereocenters. The molecule has 3 nitrogen and oxygen atoms in total. The minimum atomic E-state index is -4.44. The summed E-state index contributed by atoms with van der Waals surface area (Å²) in [6.07, 6.45) is -5.25. The topological polar surface area (TPSA) is 38.3 Å². The van der Waals surface area contributed by atoms with Gasteiger partial charge in [0.05, 0.1) is 23.0 Å². The van der Waals surface area contributed by atoms with E-state index in [1.165, 1.54) is 12.1 Å². The number of hydrogen-bond donors (Lipinski definition) is 1. The Morgan fingerprint density at radius 1 is 1.05 bits per heavy atom. The molecule has 0 bridgehead atoms. The molecule has 1 aliphatic carbocycles. The van der Waals surface area contributed by atoms with Crippen LogP contribution in [0, 0.1) is 11.8 Å². The largest absolute Gasteiger partial charge is 0.460 e. The van der Waals surface area contributed by atoms with E-state index in [9.17, 15) is 26.7 Å². The molecule has 0 amide bonds. The number of alkyl halides is 5. The van der Waals surface area contributed by atoms with Crippen molar-refractivity contribution in [1.82, 2.24) is 0 Å². The lowest BCUT2D eigenvalue weighted by molar-refractivity contribution is -0.174. The van der Waals surface area contributed by atoms with E-state index >= 15 is 0 Å². The molecule has 1 N–H and O–H groups in total. The van der Waals surface area contributed by atoms with E-state index in [4.69, 9.17) is 27.9 Å². The molecule has 1 fully saturated rings. The summed E-state index contributed by atoms with van der Waals surface area (Å²) in [5.41, 5.74) is 0.676. The molecule has 3 rings (SSSR count). The fourth-order valence-corrected chi connectivity index (χ4v) is 5.07. The lowest BCUT2D eigenvalue weighted by Gasteiger charge is -2.40. The highest BCUT2D eigenvalue weighted by atomic mass is 35.5. The first-order valence-electron chi connectivity index (χ1n) is 12.4. The van der Waals surface area contributed by atoms with Crippen LogP contribution in [0.5, 0.6) is 0 Å². The molecule has 0 spiro atoms. The maximum atomic E-state index is 13.7. The van der Waals surface area contributed by atoms with Crippen molar-refractivity contribution < 1.29 is 31.5 Å². The minimum Gasteiger partial charge on any atom is -0.460 e. The van der Waals surface area contributed by atoms with Crippen molar-refractivity contribution in [3.05, 3.63) is 63.6 Å². The van der Waals surface area contributed by atoms with Crippen molar-refractivity contribution in [2.24, 2.45) is 11.8 Å². The zero-order valence-electron chi connectivity index (χ0n) is 21.6. The van der Waals surface area contributed by atoms with Crippen LogP contribution in [0.2, 0.25) is 10.0 Å². The van der Waals surface area contributed by atoms with Gasteiger partial charge in [-0.15, -0.1) is 0 Å². The van der Waals surface area contributed by atoms with Crippen molar-refractivity contribution in [2.75, 3.05) is 11.9 Å². The van der Waals surface area contributed by atoms with Crippen molar-refractivity contribution in [2.45, 2.75) is 76.5 Å². The summed E-state index contributed by atoms with van der Waals surface area (Å²) >= 11 is 12.3. The third-order valence-corrected chi connectivity index (χ3v) is 7.43. The van der Waals surface area contributed by atoms with Crippen LogP contribution in [0.25, 0.3) is 0 Å². The molecule has 2 aromatic rings. The Bertz CT molecular complexity index is 1110. The summed E-state index contributed by atoms with van der Waals surface area (Å²) in [5, 5.41) is 3.70. The van der Waals surface area contributed by atoms with Crippen LogP contribution in [-0.4, -0.2) is 30.2 Å². The number of anilines is 1. The number of carbonyl (C=O) groups is 1. The van der Waals surface area contributed by atoms with Gasteiger partial charge < -0.3 is 10.1 Å². The normalized spacial score (nSPS) is 18.3. The average Bonchev–Trinajstić information content (AvgIpc) is 2.76. The van der Waals surface area contributed by atoms with Crippen LogP contribution in [0.4, 0.5) is 27.6 Å². The van der Waals surface area contributed by atoms with Gasteiger partial charge in [-0.2, -0.15) is 13.2 Å². The second kappa shape index (κ2) is 11.6. The molecule has 0 saturated heterocycles. The third kappa shape index (κ3) is 8.22. The Labute approximate surface area is 230 Å². The van der Waals surface area contributed by atoms with E-state index in [-0.39, 0.29) is 30.8 Å². The van der Waals surface area contributed by atoms with Gasteiger partial charge in [-0.3, -0.25) is 4.79 Å². The number of nitrogens with one attached hydrogen (secondary N) is 1. The summed E-state index contributed by atoms with van der Waals surface area (Å²) in [6, 6.07) is 11.0. The highest BCUT2D eigenvalue weighted by molar-refractivity contribution is 6.33. The smallest absolute Gasteiger partial charge is 0.392 e. The molecule has 1 aliphatic rings. The molecular weight excluding hydrogens is 548 g/mol. The molecule has 38 heavy (non-hydrogen) atoms. The van der Waals surface area contributed by atoms with Crippen LogP contribution in [-0.2, 0) is 9.53 Å². The van der Waals surface area contributed by atoms with Crippen LogP contribution >= 0.6 is 23.2 Å². The summed E-state index contributed by atoms with van der Waals surface area (Å²) in [6.45, 7) is 6.19. The number of halogens is 7. The average molecular weight is 580 g/mol. The third-order valence-electron chi connectivity index (χ3n) is 6.85. The monoisotopic (exact) mass is 579 g/mol. The predicted molar refractivity (Wildman–Crippen MR) is 140 cm³/mol. The molecule has 0 heterocycles. The number of esters is 1. The quantitative estimate of drug-likeness (QED) is 0.237. The first-order chi connectivity index (χ1) is 17.4. The van der Waals surface area contributed by atoms with E-state index in [1.54, 1.807) is 51.1 Å². The predicted octanol–water partition coefficient (Wildman–Crippen LogP) is 9.25. The van der Waals surface area contributed by atoms with Crippen LogP contribution in [0.15, 0.2) is 42.5 Å². The van der Waals surface area contributed by atoms with E-state index in [0.29, 0.717) is 21.8 Å².